The van der Waals surface area contributed by atoms with Gasteiger partial charge in [-0.2, -0.15) is 0 Å². The molecule has 4 rings (SSSR count). The second-order valence-corrected chi connectivity index (χ2v) is 7.87. The van der Waals surface area contributed by atoms with E-state index in [1.165, 1.54) is 19.3 Å². The normalized spacial score (nSPS) is 37.4. The van der Waals surface area contributed by atoms with Gasteiger partial charge in [-0.3, -0.25) is 0 Å². The smallest absolute Gasteiger partial charge is 0.222 e. The number of hydrogen-bond acceptors (Lipinski definition) is 4. The van der Waals surface area contributed by atoms with Crippen LogP contribution < -0.4 is 0 Å². The van der Waals surface area contributed by atoms with Crippen LogP contribution in [0.1, 0.15) is 70.1 Å². The highest BCUT2D eigenvalue weighted by molar-refractivity contribution is 5.12. The summed E-state index contributed by atoms with van der Waals surface area (Å²) in [5.41, 5.74) is 0.117. The Hall–Kier alpha value is -0.900. The molecule has 0 unspecified atom stereocenters. The molecule has 110 valence electrons. The van der Waals surface area contributed by atoms with E-state index in [1.54, 1.807) is 0 Å². The van der Waals surface area contributed by atoms with Gasteiger partial charge in [0.2, 0.25) is 11.8 Å². The first-order valence-electron chi connectivity index (χ1n) is 7.99. The molecule has 4 heteroatoms. The van der Waals surface area contributed by atoms with Gasteiger partial charge in [-0.25, -0.2) is 0 Å². The molecule has 2 heterocycles. The maximum Gasteiger partial charge on any atom is 0.222 e. The summed E-state index contributed by atoms with van der Waals surface area (Å²) in [7, 11) is 0. The fourth-order valence-electron chi connectivity index (χ4n) is 3.79. The molecule has 0 bridgehead atoms. The third-order valence-electron chi connectivity index (χ3n) is 5.10. The van der Waals surface area contributed by atoms with E-state index >= 15 is 0 Å². The molecule has 0 aromatic carbocycles. The molecule has 3 aliphatic rings. The number of rotatable bonds is 3. The van der Waals surface area contributed by atoms with Crippen LogP contribution in [0.4, 0.5) is 0 Å². The van der Waals surface area contributed by atoms with Crippen molar-refractivity contribution in [1.82, 2.24) is 10.2 Å². The first kappa shape index (κ1) is 12.8. The lowest BCUT2D eigenvalue weighted by molar-refractivity contribution is 0.0170. The molecule has 4 nitrogen and oxygen atoms in total. The summed E-state index contributed by atoms with van der Waals surface area (Å²) in [6, 6.07) is 0. The molecule has 1 saturated heterocycles. The highest BCUT2D eigenvalue weighted by atomic mass is 16.5. The van der Waals surface area contributed by atoms with E-state index in [2.05, 4.69) is 31.0 Å². The van der Waals surface area contributed by atoms with Crippen molar-refractivity contribution in [1.29, 1.82) is 0 Å². The van der Waals surface area contributed by atoms with Crippen LogP contribution in [-0.4, -0.2) is 22.9 Å². The second kappa shape index (κ2) is 4.30. The molecule has 0 spiro atoms. The van der Waals surface area contributed by atoms with Crippen LogP contribution in [0.25, 0.3) is 0 Å². The molecule has 0 N–H and O–H groups in total. The minimum Gasteiger partial charge on any atom is -0.425 e. The SMILES string of the molecule is CC(C)(C)[C@H]1OCC[C@@H]1c1nnc([C@H]2C[C@@H]2C2CC2)o1. The lowest BCUT2D eigenvalue weighted by Gasteiger charge is -2.29. The quantitative estimate of drug-likeness (QED) is 0.847. The third-order valence-corrected chi connectivity index (χ3v) is 5.10. The predicted octanol–water partition coefficient (Wildman–Crippen LogP) is 3.50. The first-order valence-corrected chi connectivity index (χ1v) is 7.99. The number of aromatic nitrogens is 2. The van der Waals surface area contributed by atoms with Crippen molar-refractivity contribution in [2.75, 3.05) is 6.61 Å². The van der Waals surface area contributed by atoms with Crippen molar-refractivity contribution in [2.45, 2.75) is 64.4 Å². The van der Waals surface area contributed by atoms with Gasteiger partial charge in [0.1, 0.15) is 0 Å². The van der Waals surface area contributed by atoms with Gasteiger partial charge in [-0.05, 0) is 42.9 Å². The average molecular weight is 276 g/mol. The minimum absolute atomic E-state index is 0.117. The third kappa shape index (κ3) is 2.18. The highest BCUT2D eigenvalue weighted by Gasteiger charge is 2.51. The summed E-state index contributed by atoms with van der Waals surface area (Å²) in [4.78, 5) is 0. The molecular formula is C16H24N2O2. The van der Waals surface area contributed by atoms with Crippen LogP contribution >= 0.6 is 0 Å². The molecule has 1 aromatic rings. The van der Waals surface area contributed by atoms with Crippen molar-refractivity contribution < 1.29 is 9.15 Å². The molecule has 2 saturated carbocycles. The number of nitrogens with zero attached hydrogens (tertiary/aromatic N) is 2. The molecule has 0 amide bonds. The van der Waals surface area contributed by atoms with Crippen molar-refractivity contribution in [3.05, 3.63) is 11.8 Å². The number of ether oxygens (including phenoxy) is 1. The topological polar surface area (TPSA) is 48.2 Å². The van der Waals surface area contributed by atoms with Gasteiger partial charge >= 0.3 is 0 Å². The summed E-state index contributed by atoms with van der Waals surface area (Å²) < 4.78 is 11.9. The van der Waals surface area contributed by atoms with Crippen LogP contribution in [-0.2, 0) is 4.74 Å². The molecule has 4 atom stereocenters. The number of hydrogen-bond donors (Lipinski definition) is 0. The van der Waals surface area contributed by atoms with Crippen LogP contribution in [0, 0.1) is 17.3 Å². The molecular weight excluding hydrogens is 252 g/mol. The molecule has 3 fully saturated rings. The van der Waals surface area contributed by atoms with Crippen LogP contribution in [0.5, 0.6) is 0 Å². The highest BCUT2D eigenvalue weighted by Crippen LogP contribution is 2.59. The van der Waals surface area contributed by atoms with Crippen molar-refractivity contribution in [3.63, 3.8) is 0 Å². The molecule has 1 aromatic heterocycles. The first-order chi connectivity index (χ1) is 9.54. The average Bonchev–Trinajstić information content (AvgIpc) is 3.25. The Bertz CT molecular complexity index is 501. The summed E-state index contributed by atoms with van der Waals surface area (Å²) >= 11 is 0. The lowest BCUT2D eigenvalue weighted by Crippen LogP contribution is -2.30. The van der Waals surface area contributed by atoms with Gasteiger partial charge in [0.15, 0.2) is 0 Å². The Morgan fingerprint density at radius 3 is 2.35 bits per heavy atom. The van der Waals surface area contributed by atoms with Crippen molar-refractivity contribution >= 4 is 0 Å². The Labute approximate surface area is 120 Å². The fourth-order valence-corrected chi connectivity index (χ4v) is 3.79. The summed E-state index contributed by atoms with van der Waals surface area (Å²) in [6.07, 6.45) is 5.26. The zero-order chi connectivity index (χ0) is 13.9. The van der Waals surface area contributed by atoms with Crippen LogP contribution in [0.2, 0.25) is 0 Å². The van der Waals surface area contributed by atoms with Gasteiger partial charge in [-0.15, -0.1) is 10.2 Å². The van der Waals surface area contributed by atoms with Gasteiger partial charge in [0, 0.05) is 12.5 Å². The lowest BCUT2D eigenvalue weighted by atomic mass is 9.81. The minimum atomic E-state index is 0.117. The zero-order valence-electron chi connectivity index (χ0n) is 12.6. The maximum atomic E-state index is 6.02. The molecule has 0 radical (unpaired) electrons. The van der Waals surface area contributed by atoms with Crippen LogP contribution in [0.15, 0.2) is 4.42 Å². The van der Waals surface area contributed by atoms with Gasteiger partial charge < -0.3 is 9.15 Å². The Kier molecular flexibility index (Phi) is 2.75. The monoisotopic (exact) mass is 276 g/mol. The summed E-state index contributed by atoms with van der Waals surface area (Å²) in [6.45, 7) is 7.46. The van der Waals surface area contributed by atoms with Gasteiger partial charge in [0.25, 0.3) is 0 Å². The second-order valence-electron chi connectivity index (χ2n) is 7.87. The molecule has 20 heavy (non-hydrogen) atoms. The molecule has 1 aliphatic heterocycles. The standard InChI is InChI=1S/C16H24N2O2/c1-16(2,3)13-10(6-7-19-13)14-17-18-15(20-14)12-8-11(12)9-4-5-9/h9-13H,4-8H2,1-3H3/t10-,11+,12-,13-/m0/s1. The van der Waals surface area contributed by atoms with Crippen LogP contribution in [0.3, 0.4) is 0 Å². The van der Waals surface area contributed by atoms with E-state index in [0.29, 0.717) is 5.92 Å². The Balaban J connectivity index is 1.50. The van der Waals surface area contributed by atoms with E-state index in [-0.39, 0.29) is 17.4 Å². The summed E-state index contributed by atoms with van der Waals surface area (Å²) in [5.74, 6) is 4.30. The predicted molar refractivity (Wildman–Crippen MR) is 74.4 cm³/mol. The maximum absolute atomic E-state index is 6.02. The Morgan fingerprint density at radius 1 is 1.00 bits per heavy atom. The van der Waals surface area contributed by atoms with Crippen molar-refractivity contribution in [2.24, 2.45) is 17.3 Å². The van der Waals surface area contributed by atoms with Gasteiger partial charge in [-0.1, -0.05) is 20.8 Å². The zero-order valence-corrected chi connectivity index (χ0v) is 12.6. The largest absolute Gasteiger partial charge is 0.425 e. The summed E-state index contributed by atoms with van der Waals surface area (Å²) in [5, 5.41) is 8.67. The Morgan fingerprint density at radius 2 is 1.70 bits per heavy atom. The molecule has 2 aliphatic carbocycles. The van der Waals surface area contributed by atoms with E-state index in [1.807, 2.05) is 0 Å². The fraction of sp³-hybridized carbons (Fsp3) is 0.875. The van der Waals surface area contributed by atoms with Gasteiger partial charge in [0.05, 0.1) is 12.0 Å². The van der Waals surface area contributed by atoms with E-state index in [0.717, 1.165) is 36.6 Å². The van der Waals surface area contributed by atoms with E-state index in [9.17, 15) is 0 Å². The van der Waals surface area contributed by atoms with E-state index < -0.39 is 0 Å². The van der Waals surface area contributed by atoms with E-state index in [4.69, 9.17) is 9.15 Å². The van der Waals surface area contributed by atoms with Crippen molar-refractivity contribution in [3.8, 4) is 0 Å².